The van der Waals surface area contributed by atoms with E-state index in [2.05, 4.69) is 15.9 Å². The van der Waals surface area contributed by atoms with Gasteiger partial charge in [0, 0.05) is 0 Å². The Hall–Kier alpha value is 0.370. The molecule has 0 fully saturated rings. The maximum absolute atomic E-state index is 12.4. The van der Waals surface area contributed by atoms with Crippen LogP contribution in [0.5, 0.6) is 0 Å². The summed E-state index contributed by atoms with van der Waals surface area (Å²) in [4.78, 5) is -3.06. The first kappa shape index (κ1) is 11.4. The Bertz CT molecular complexity index is 160. The van der Waals surface area contributed by atoms with Crippen LogP contribution in [0, 0.1) is 0 Å². The van der Waals surface area contributed by atoms with E-state index in [1.807, 2.05) is 6.92 Å². The molecule has 0 saturated heterocycles. The zero-order valence-corrected chi connectivity index (χ0v) is 8.77. The van der Waals surface area contributed by atoms with E-state index < -0.39 is 4.83 Å². The maximum Gasteiger partial charge on any atom is 0.336 e. The van der Waals surface area contributed by atoms with Crippen LogP contribution in [0.4, 0.5) is 8.78 Å². The molecule has 0 aromatic rings. The second-order valence-corrected chi connectivity index (χ2v) is 3.72. The minimum atomic E-state index is -3.06. The van der Waals surface area contributed by atoms with Crippen LogP contribution in [0.2, 0.25) is 0 Å². The molecule has 0 heterocycles. The van der Waals surface area contributed by atoms with Crippen molar-refractivity contribution in [2.45, 2.75) is 31.5 Å². The summed E-state index contributed by atoms with van der Waals surface area (Å²) in [6.07, 6.45) is 1.44. The first-order valence-corrected chi connectivity index (χ1v) is 4.49. The lowest BCUT2D eigenvalue weighted by atomic mass is 10.2. The van der Waals surface area contributed by atoms with E-state index in [1.165, 1.54) is 0 Å². The Labute approximate surface area is 78.7 Å². The third-order valence-electron chi connectivity index (χ3n) is 1.25. The number of alkyl halides is 3. The molecule has 0 rings (SSSR count). The first-order chi connectivity index (χ1) is 4.89. The van der Waals surface area contributed by atoms with Crippen molar-refractivity contribution in [1.29, 1.82) is 0 Å². The van der Waals surface area contributed by atoms with Crippen molar-refractivity contribution in [2.75, 3.05) is 0 Å². The fourth-order valence-corrected chi connectivity index (χ4v) is 1.16. The lowest BCUT2D eigenvalue weighted by Crippen LogP contribution is -2.06. The van der Waals surface area contributed by atoms with Gasteiger partial charge in [0.25, 0.3) is 0 Å². The molecule has 0 bridgehead atoms. The highest BCUT2D eigenvalue weighted by Gasteiger charge is 2.30. The van der Waals surface area contributed by atoms with E-state index in [4.69, 9.17) is 11.6 Å². The van der Waals surface area contributed by atoms with Crippen molar-refractivity contribution in [2.24, 2.45) is 0 Å². The number of hydrogen-bond donors (Lipinski definition) is 0. The van der Waals surface area contributed by atoms with Gasteiger partial charge in [0.1, 0.15) is 0 Å². The lowest BCUT2D eigenvalue weighted by molar-refractivity contribution is 0.164. The van der Waals surface area contributed by atoms with Gasteiger partial charge in [-0.15, -0.1) is 0 Å². The fourth-order valence-electron chi connectivity index (χ4n) is 0.727. The largest absolute Gasteiger partial charge is 0.336 e. The molecule has 0 aliphatic heterocycles. The van der Waals surface area contributed by atoms with Crippen LogP contribution in [0.25, 0.3) is 0 Å². The molecule has 4 heteroatoms. The molecule has 0 saturated carbocycles. The van der Waals surface area contributed by atoms with Gasteiger partial charge in [-0.3, -0.25) is 0 Å². The molecule has 0 unspecified atom stereocenters. The van der Waals surface area contributed by atoms with E-state index >= 15 is 0 Å². The predicted octanol–water partition coefficient (Wildman–Crippen LogP) is 4.29. The number of hydrogen-bond acceptors (Lipinski definition) is 0. The Morgan fingerprint density at radius 1 is 1.55 bits per heavy atom. The van der Waals surface area contributed by atoms with Gasteiger partial charge in [-0.05, 0) is 29.3 Å². The van der Waals surface area contributed by atoms with Crippen LogP contribution in [0.3, 0.4) is 0 Å². The van der Waals surface area contributed by atoms with Crippen molar-refractivity contribution in [3.63, 3.8) is 0 Å². The Balaban J connectivity index is 4.39. The molecule has 0 aliphatic rings. The van der Waals surface area contributed by atoms with Gasteiger partial charge < -0.3 is 0 Å². The molecule has 0 radical (unpaired) electrons. The summed E-state index contributed by atoms with van der Waals surface area (Å²) in [5.74, 6) is 0. The normalized spacial score (nSPS) is 14.7. The van der Waals surface area contributed by atoms with E-state index in [0.717, 1.165) is 6.42 Å². The van der Waals surface area contributed by atoms with Gasteiger partial charge in [0.2, 0.25) is 0 Å². The maximum atomic E-state index is 12.4. The monoisotopic (exact) mass is 246 g/mol. The number of halogens is 4. The molecule has 0 aliphatic carbocycles. The zero-order valence-electron chi connectivity index (χ0n) is 6.43. The Kier molecular flexibility index (Phi) is 4.56. The summed E-state index contributed by atoms with van der Waals surface area (Å²) >= 11 is 7.56. The molecule has 0 N–H and O–H groups in total. The van der Waals surface area contributed by atoms with Crippen molar-refractivity contribution in [1.82, 2.24) is 0 Å². The van der Waals surface area contributed by atoms with E-state index in [9.17, 15) is 8.78 Å². The average molecular weight is 248 g/mol. The lowest BCUT2D eigenvalue weighted by Gasteiger charge is -2.09. The SMILES string of the molecule is CCCC(C)=C(Cl)C(F)(F)Br. The van der Waals surface area contributed by atoms with Crippen LogP contribution in [-0.4, -0.2) is 4.83 Å². The molecule has 0 aromatic heterocycles. The summed E-state index contributed by atoms with van der Waals surface area (Å²) in [5, 5.41) is -0.389. The van der Waals surface area contributed by atoms with Crippen molar-refractivity contribution in [3.05, 3.63) is 10.6 Å². The quantitative estimate of drug-likeness (QED) is 0.653. The second-order valence-electron chi connectivity index (χ2n) is 2.34. The van der Waals surface area contributed by atoms with Crippen molar-refractivity contribution < 1.29 is 8.78 Å². The van der Waals surface area contributed by atoms with Crippen molar-refractivity contribution in [3.8, 4) is 0 Å². The minimum absolute atomic E-state index is 0.389. The molecule has 0 amide bonds. The highest BCUT2D eigenvalue weighted by Crippen LogP contribution is 2.36. The molecule has 0 atom stereocenters. The number of rotatable bonds is 3. The summed E-state index contributed by atoms with van der Waals surface area (Å²) in [5.41, 5.74) is 0.538. The van der Waals surface area contributed by atoms with Crippen LogP contribution < -0.4 is 0 Å². The third kappa shape index (κ3) is 4.06. The summed E-state index contributed by atoms with van der Waals surface area (Å²) < 4.78 is 24.8. The van der Waals surface area contributed by atoms with Crippen LogP contribution in [0.15, 0.2) is 10.6 Å². The molecular weight excluding hydrogens is 237 g/mol. The van der Waals surface area contributed by atoms with Crippen LogP contribution in [0.1, 0.15) is 26.7 Å². The fraction of sp³-hybridized carbons (Fsp3) is 0.714. The Morgan fingerprint density at radius 3 is 2.27 bits per heavy atom. The predicted molar refractivity (Wildman–Crippen MR) is 47.3 cm³/mol. The Morgan fingerprint density at radius 2 is 2.00 bits per heavy atom. The third-order valence-corrected chi connectivity index (χ3v) is 2.43. The van der Waals surface area contributed by atoms with Gasteiger partial charge in [-0.25, -0.2) is 0 Å². The van der Waals surface area contributed by atoms with E-state index in [1.54, 1.807) is 6.92 Å². The summed E-state index contributed by atoms with van der Waals surface area (Å²) in [6, 6.07) is 0. The standard InChI is InChI=1S/C7H10BrClF2/c1-3-4-5(2)6(9)7(8,10)11/h3-4H2,1-2H3. The van der Waals surface area contributed by atoms with Gasteiger partial charge in [0.05, 0.1) is 5.03 Å². The highest BCUT2D eigenvalue weighted by atomic mass is 79.9. The topological polar surface area (TPSA) is 0 Å². The van der Waals surface area contributed by atoms with Crippen LogP contribution >= 0.6 is 27.5 Å². The average Bonchev–Trinajstić information content (AvgIpc) is 1.85. The smallest absolute Gasteiger partial charge is 0.187 e. The van der Waals surface area contributed by atoms with E-state index in [0.29, 0.717) is 12.0 Å². The summed E-state index contributed by atoms with van der Waals surface area (Å²) in [6.45, 7) is 3.53. The molecule has 0 nitrogen and oxygen atoms in total. The number of allylic oxidation sites excluding steroid dienone is 2. The molecule has 0 spiro atoms. The minimum Gasteiger partial charge on any atom is -0.187 e. The van der Waals surface area contributed by atoms with Crippen molar-refractivity contribution >= 4 is 27.5 Å². The molecular formula is C7H10BrClF2. The summed E-state index contributed by atoms with van der Waals surface area (Å²) in [7, 11) is 0. The molecule has 0 aromatic carbocycles. The van der Waals surface area contributed by atoms with Crippen LogP contribution in [-0.2, 0) is 0 Å². The first-order valence-electron chi connectivity index (χ1n) is 3.32. The van der Waals surface area contributed by atoms with Gasteiger partial charge in [-0.1, -0.05) is 30.5 Å². The molecule has 11 heavy (non-hydrogen) atoms. The van der Waals surface area contributed by atoms with Gasteiger partial charge >= 0.3 is 4.83 Å². The van der Waals surface area contributed by atoms with Gasteiger partial charge in [0.15, 0.2) is 0 Å². The van der Waals surface area contributed by atoms with E-state index in [-0.39, 0.29) is 5.03 Å². The molecule has 66 valence electrons. The highest BCUT2D eigenvalue weighted by molar-refractivity contribution is 9.10. The zero-order chi connectivity index (χ0) is 9.07. The van der Waals surface area contributed by atoms with Gasteiger partial charge in [-0.2, -0.15) is 8.78 Å². The second kappa shape index (κ2) is 4.41.